The Morgan fingerprint density at radius 1 is 1.10 bits per heavy atom. The quantitative estimate of drug-likeness (QED) is 0.413. The Morgan fingerprint density at radius 2 is 1.90 bits per heavy atom. The Kier molecular flexibility index (Phi) is 7.41. The highest BCUT2D eigenvalue weighted by Gasteiger charge is 2.11. The normalized spacial score (nSPS) is 12.0. The van der Waals surface area contributed by atoms with Gasteiger partial charge in [0.2, 0.25) is 0 Å². The van der Waals surface area contributed by atoms with Crippen molar-refractivity contribution in [2.24, 2.45) is 4.99 Å². The van der Waals surface area contributed by atoms with Crippen molar-refractivity contribution >= 4 is 15.8 Å². The summed E-state index contributed by atoms with van der Waals surface area (Å²) in [5.74, 6) is -0.0276. The average Bonchev–Trinajstić information content (AvgIpc) is 3.26. The molecule has 0 saturated carbocycles. The van der Waals surface area contributed by atoms with Gasteiger partial charge in [-0.25, -0.2) is 22.5 Å². The van der Waals surface area contributed by atoms with Gasteiger partial charge in [-0.1, -0.05) is 24.3 Å². The van der Waals surface area contributed by atoms with Gasteiger partial charge in [-0.15, -0.1) is 0 Å². The molecule has 31 heavy (non-hydrogen) atoms. The number of aliphatic imine (C=N–C) groups is 1. The zero-order valence-corrected chi connectivity index (χ0v) is 18.4. The molecule has 1 heterocycles. The minimum atomic E-state index is -3.24. The lowest BCUT2D eigenvalue weighted by Gasteiger charge is -2.14. The van der Waals surface area contributed by atoms with Crippen molar-refractivity contribution in [1.82, 2.24) is 20.4 Å². The molecule has 0 atom stereocenters. The molecule has 0 saturated heterocycles. The minimum absolute atomic E-state index is 0.152. The van der Waals surface area contributed by atoms with E-state index in [-0.39, 0.29) is 12.3 Å². The van der Waals surface area contributed by atoms with Crippen LogP contribution in [0.4, 0.5) is 4.39 Å². The lowest BCUT2D eigenvalue weighted by atomic mass is 10.1. The van der Waals surface area contributed by atoms with Gasteiger partial charge in [-0.05, 0) is 47.9 Å². The number of hydrogen-bond acceptors (Lipinski definition) is 4. The van der Waals surface area contributed by atoms with Crippen LogP contribution in [0.1, 0.15) is 23.6 Å². The largest absolute Gasteiger partial charge is 0.357 e. The molecule has 2 N–H and O–H groups in total. The number of sulfone groups is 1. The summed E-state index contributed by atoms with van der Waals surface area (Å²) in [5.41, 5.74) is 3.07. The van der Waals surface area contributed by atoms with Crippen molar-refractivity contribution in [2.75, 3.05) is 12.8 Å². The molecule has 2 aromatic carbocycles. The van der Waals surface area contributed by atoms with Gasteiger partial charge in [0.1, 0.15) is 5.82 Å². The highest BCUT2D eigenvalue weighted by Crippen LogP contribution is 2.16. The molecule has 164 valence electrons. The van der Waals surface area contributed by atoms with Crippen LogP contribution < -0.4 is 10.6 Å². The summed E-state index contributed by atoms with van der Waals surface area (Å²) in [6.45, 7) is 3.25. The van der Waals surface area contributed by atoms with Crippen LogP contribution in [0, 0.1) is 5.82 Å². The molecular weight excluding hydrogens is 417 g/mol. The van der Waals surface area contributed by atoms with Crippen LogP contribution in [0.5, 0.6) is 0 Å². The molecular formula is C22H26FN5O2S. The van der Waals surface area contributed by atoms with Crippen LogP contribution in [0.2, 0.25) is 0 Å². The predicted octanol–water partition coefficient (Wildman–Crippen LogP) is 2.81. The summed E-state index contributed by atoms with van der Waals surface area (Å²) in [7, 11) is -3.24. The van der Waals surface area contributed by atoms with E-state index in [0.29, 0.717) is 30.2 Å². The van der Waals surface area contributed by atoms with E-state index in [1.807, 2.05) is 43.5 Å². The van der Waals surface area contributed by atoms with Crippen molar-refractivity contribution in [3.63, 3.8) is 0 Å². The molecule has 0 fully saturated rings. The molecule has 0 aliphatic carbocycles. The van der Waals surface area contributed by atoms with Gasteiger partial charge >= 0.3 is 0 Å². The number of benzene rings is 2. The lowest BCUT2D eigenvalue weighted by Crippen LogP contribution is -2.37. The first-order valence-electron chi connectivity index (χ1n) is 9.91. The second kappa shape index (κ2) is 10.2. The first kappa shape index (κ1) is 22.5. The van der Waals surface area contributed by atoms with Gasteiger partial charge in [0, 0.05) is 31.7 Å². The smallest absolute Gasteiger partial charge is 0.191 e. The Labute approximate surface area is 181 Å². The van der Waals surface area contributed by atoms with Gasteiger partial charge < -0.3 is 10.6 Å². The Morgan fingerprint density at radius 3 is 2.61 bits per heavy atom. The lowest BCUT2D eigenvalue weighted by molar-refractivity contribution is 0.600. The van der Waals surface area contributed by atoms with Crippen LogP contribution in [0.3, 0.4) is 0 Å². The van der Waals surface area contributed by atoms with E-state index in [2.05, 4.69) is 20.7 Å². The maximum atomic E-state index is 13.8. The molecule has 3 aromatic rings. The number of rotatable bonds is 8. The van der Waals surface area contributed by atoms with Gasteiger partial charge in [0.25, 0.3) is 0 Å². The molecule has 0 unspecified atom stereocenters. The van der Waals surface area contributed by atoms with Crippen LogP contribution in [0.25, 0.3) is 5.69 Å². The fourth-order valence-electron chi connectivity index (χ4n) is 3.15. The summed E-state index contributed by atoms with van der Waals surface area (Å²) >= 11 is 0. The third kappa shape index (κ3) is 6.65. The first-order chi connectivity index (χ1) is 14.9. The summed E-state index contributed by atoms with van der Waals surface area (Å²) in [6, 6.07) is 13.9. The molecule has 9 heteroatoms. The Hall–Kier alpha value is -3.20. The Bertz CT molecular complexity index is 1140. The number of guanidine groups is 1. The molecule has 0 radical (unpaired) electrons. The SMILES string of the molecule is CCNC(=NCc1cc(F)ccc1CS(C)(=O)=O)NCc1ccccc1-n1cccn1. The maximum absolute atomic E-state index is 13.8. The van der Waals surface area contributed by atoms with E-state index in [9.17, 15) is 12.8 Å². The molecule has 0 aliphatic heterocycles. The number of para-hydroxylation sites is 1. The van der Waals surface area contributed by atoms with Crippen molar-refractivity contribution < 1.29 is 12.8 Å². The van der Waals surface area contributed by atoms with Crippen molar-refractivity contribution in [1.29, 1.82) is 0 Å². The zero-order valence-electron chi connectivity index (χ0n) is 17.5. The highest BCUT2D eigenvalue weighted by atomic mass is 32.2. The van der Waals surface area contributed by atoms with Crippen molar-refractivity contribution in [3.8, 4) is 5.69 Å². The zero-order chi connectivity index (χ0) is 22.3. The molecule has 0 spiro atoms. The van der Waals surface area contributed by atoms with Crippen molar-refractivity contribution in [3.05, 3.63) is 83.4 Å². The fraction of sp³-hybridized carbons (Fsp3) is 0.273. The number of hydrogen-bond donors (Lipinski definition) is 2. The van der Waals surface area contributed by atoms with E-state index in [0.717, 1.165) is 17.5 Å². The monoisotopic (exact) mass is 443 g/mol. The summed E-state index contributed by atoms with van der Waals surface area (Å²) in [6.07, 6.45) is 4.76. The van der Waals surface area contributed by atoms with E-state index in [1.165, 1.54) is 18.2 Å². The van der Waals surface area contributed by atoms with Crippen LogP contribution in [-0.2, 0) is 28.7 Å². The van der Waals surface area contributed by atoms with Crippen LogP contribution in [-0.4, -0.2) is 37.0 Å². The molecule has 0 aliphatic rings. The third-order valence-electron chi connectivity index (χ3n) is 4.53. The topological polar surface area (TPSA) is 88.4 Å². The highest BCUT2D eigenvalue weighted by molar-refractivity contribution is 7.89. The predicted molar refractivity (Wildman–Crippen MR) is 120 cm³/mol. The molecule has 0 amide bonds. The number of halogens is 1. The Balaban J connectivity index is 1.78. The molecule has 7 nitrogen and oxygen atoms in total. The molecule has 3 rings (SSSR count). The molecule has 0 bridgehead atoms. The number of nitrogens with zero attached hydrogens (tertiary/aromatic N) is 3. The number of nitrogens with one attached hydrogen (secondary N) is 2. The van der Waals surface area contributed by atoms with Gasteiger partial charge in [0.15, 0.2) is 15.8 Å². The first-order valence-corrected chi connectivity index (χ1v) is 12.0. The van der Waals surface area contributed by atoms with Crippen molar-refractivity contribution in [2.45, 2.75) is 25.8 Å². The summed E-state index contributed by atoms with van der Waals surface area (Å²) in [5, 5.41) is 10.7. The van der Waals surface area contributed by atoms with Gasteiger partial charge in [-0.3, -0.25) is 0 Å². The van der Waals surface area contributed by atoms with E-state index in [1.54, 1.807) is 10.9 Å². The maximum Gasteiger partial charge on any atom is 0.191 e. The minimum Gasteiger partial charge on any atom is -0.357 e. The van der Waals surface area contributed by atoms with E-state index in [4.69, 9.17) is 0 Å². The van der Waals surface area contributed by atoms with Gasteiger partial charge in [-0.2, -0.15) is 5.10 Å². The third-order valence-corrected chi connectivity index (χ3v) is 5.36. The van der Waals surface area contributed by atoms with Gasteiger partial charge in [0.05, 0.1) is 18.0 Å². The number of aromatic nitrogens is 2. The van der Waals surface area contributed by atoms with Crippen LogP contribution >= 0.6 is 0 Å². The second-order valence-electron chi connectivity index (χ2n) is 7.11. The standard InChI is InChI=1S/C22H26FN5O2S/c1-3-24-22(25-14-17-7-4-5-8-21(17)28-12-6-11-27-28)26-15-19-13-20(23)10-9-18(19)16-31(2,29)30/h4-13H,3,14-16H2,1-2H3,(H2,24,25,26). The second-order valence-corrected chi connectivity index (χ2v) is 9.25. The fourth-order valence-corrected chi connectivity index (χ4v) is 3.99. The summed E-state index contributed by atoms with van der Waals surface area (Å²) in [4.78, 5) is 4.53. The van der Waals surface area contributed by atoms with E-state index >= 15 is 0 Å². The molecule has 1 aromatic heterocycles. The van der Waals surface area contributed by atoms with E-state index < -0.39 is 15.7 Å². The van der Waals surface area contributed by atoms with Crippen LogP contribution in [0.15, 0.2) is 65.9 Å². The average molecular weight is 444 g/mol. The summed E-state index contributed by atoms with van der Waals surface area (Å²) < 4.78 is 39.0.